The Balaban J connectivity index is 1.85. The van der Waals surface area contributed by atoms with Crippen molar-refractivity contribution in [3.05, 3.63) is 46.8 Å². The van der Waals surface area contributed by atoms with E-state index < -0.39 is 34.6 Å². The van der Waals surface area contributed by atoms with Crippen LogP contribution in [0, 0.1) is 29.3 Å². The Bertz CT molecular complexity index is 962. The van der Waals surface area contributed by atoms with Crippen molar-refractivity contribution in [2.45, 2.75) is 63.6 Å². The summed E-state index contributed by atoms with van der Waals surface area (Å²) < 4.78 is 86.1. The first kappa shape index (κ1) is 22.5. The van der Waals surface area contributed by atoms with Crippen LogP contribution in [-0.4, -0.2) is 18.9 Å². The van der Waals surface area contributed by atoms with Crippen LogP contribution < -0.4 is 0 Å². The van der Waals surface area contributed by atoms with Gasteiger partial charge in [-0.25, -0.2) is 13.2 Å². The van der Waals surface area contributed by atoms with Crippen molar-refractivity contribution in [3.8, 4) is 11.8 Å². The maximum Gasteiger partial charge on any atom is 0.458 e. The zero-order valence-corrected chi connectivity index (χ0v) is 16.5. The molecule has 0 spiro atoms. The molecule has 3 rings (SSSR count). The molecule has 0 N–H and O–H groups in total. The number of halogens is 6. The van der Waals surface area contributed by atoms with E-state index in [1.165, 1.54) is 12.0 Å². The van der Waals surface area contributed by atoms with E-state index in [0.717, 1.165) is 56.6 Å². The molecule has 30 heavy (non-hydrogen) atoms. The average Bonchev–Trinajstić information content (AvgIpc) is 2.67. The van der Waals surface area contributed by atoms with E-state index >= 15 is 0 Å². The van der Waals surface area contributed by atoms with Gasteiger partial charge in [0, 0.05) is 11.8 Å². The minimum Gasteiger partial charge on any atom is -0.378 e. The van der Waals surface area contributed by atoms with Crippen molar-refractivity contribution in [3.63, 3.8) is 0 Å². The standard InChI is InChI=1S/C23H22F6O/c1-2-3-4-5-17-7-6-14(13-30-17)15-10-16-12-19(24)18(8-9-23(27,28)29)22(26)21(16)20(25)11-15/h10-12,14,17H,2-7,13H2,1H3. The fraction of sp³-hybridized carbons (Fsp3) is 0.478. The maximum absolute atomic E-state index is 14.7. The quantitative estimate of drug-likeness (QED) is 0.283. The van der Waals surface area contributed by atoms with Crippen LogP contribution in [-0.2, 0) is 4.74 Å². The van der Waals surface area contributed by atoms with E-state index in [1.807, 2.05) is 0 Å². The van der Waals surface area contributed by atoms with Crippen LogP contribution in [0.1, 0.15) is 62.5 Å². The largest absolute Gasteiger partial charge is 0.458 e. The highest BCUT2D eigenvalue weighted by Gasteiger charge is 2.26. The Morgan fingerprint density at radius 2 is 1.80 bits per heavy atom. The summed E-state index contributed by atoms with van der Waals surface area (Å²) in [5, 5.41) is -0.622. The predicted octanol–water partition coefficient (Wildman–Crippen LogP) is 7.01. The highest BCUT2D eigenvalue weighted by molar-refractivity contribution is 5.86. The highest BCUT2D eigenvalue weighted by Crippen LogP contribution is 2.34. The van der Waals surface area contributed by atoms with Crippen LogP contribution in [0.4, 0.5) is 26.3 Å². The second-order valence-electron chi connectivity index (χ2n) is 7.62. The van der Waals surface area contributed by atoms with E-state index in [1.54, 1.807) is 0 Å². The number of hydrogen-bond acceptors (Lipinski definition) is 1. The normalized spacial score (nSPS) is 19.6. The molecule has 2 aromatic rings. The Morgan fingerprint density at radius 3 is 2.43 bits per heavy atom. The topological polar surface area (TPSA) is 9.23 Å². The first-order valence-electron chi connectivity index (χ1n) is 10.0. The Kier molecular flexibility index (Phi) is 6.97. The summed E-state index contributed by atoms with van der Waals surface area (Å²) in [6, 6.07) is 3.44. The molecule has 1 nitrogen and oxygen atoms in total. The lowest BCUT2D eigenvalue weighted by Crippen LogP contribution is -2.24. The molecule has 2 aromatic carbocycles. The van der Waals surface area contributed by atoms with Crippen molar-refractivity contribution < 1.29 is 31.1 Å². The molecule has 2 atom stereocenters. The third-order valence-corrected chi connectivity index (χ3v) is 5.40. The van der Waals surface area contributed by atoms with Gasteiger partial charge in [0.15, 0.2) is 5.82 Å². The molecule has 0 amide bonds. The number of hydrogen-bond donors (Lipinski definition) is 0. The van der Waals surface area contributed by atoms with Gasteiger partial charge in [-0.2, -0.15) is 13.2 Å². The Morgan fingerprint density at radius 1 is 1.03 bits per heavy atom. The average molecular weight is 428 g/mol. The van der Waals surface area contributed by atoms with Gasteiger partial charge >= 0.3 is 6.18 Å². The van der Waals surface area contributed by atoms with Crippen LogP contribution in [0.25, 0.3) is 10.8 Å². The zero-order valence-electron chi connectivity index (χ0n) is 16.5. The molecule has 0 aromatic heterocycles. The van der Waals surface area contributed by atoms with Crippen LogP contribution in [0.2, 0.25) is 0 Å². The van der Waals surface area contributed by atoms with E-state index in [0.29, 0.717) is 12.2 Å². The molecule has 0 saturated carbocycles. The third-order valence-electron chi connectivity index (χ3n) is 5.40. The molecular formula is C23H22F6O. The first-order chi connectivity index (χ1) is 14.2. The smallest absolute Gasteiger partial charge is 0.378 e. The minimum atomic E-state index is -4.91. The number of fused-ring (bicyclic) bond motifs is 1. The van der Waals surface area contributed by atoms with Gasteiger partial charge in [-0.15, -0.1) is 0 Å². The van der Waals surface area contributed by atoms with Gasteiger partial charge in [0.2, 0.25) is 0 Å². The van der Waals surface area contributed by atoms with Crippen LogP contribution in [0.5, 0.6) is 0 Å². The molecule has 0 radical (unpaired) electrons. The second kappa shape index (κ2) is 9.30. The minimum absolute atomic E-state index is 0.0531. The molecule has 7 heteroatoms. The fourth-order valence-corrected chi connectivity index (χ4v) is 3.84. The third kappa shape index (κ3) is 5.28. The van der Waals surface area contributed by atoms with Gasteiger partial charge < -0.3 is 4.74 Å². The highest BCUT2D eigenvalue weighted by atomic mass is 19.4. The summed E-state index contributed by atoms with van der Waals surface area (Å²) in [6.45, 7) is 2.52. The van der Waals surface area contributed by atoms with Crippen molar-refractivity contribution in [1.29, 1.82) is 0 Å². The van der Waals surface area contributed by atoms with Crippen molar-refractivity contribution >= 4 is 10.8 Å². The van der Waals surface area contributed by atoms with Crippen molar-refractivity contribution in [2.24, 2.45) is 0 Å². The van der Waals surface area contributed by atoms with E-state index in [-0.39, 0.29) is 17.4 Å². The summed E-state index contributed by atoms with van der Waals surface area (Å²) in [5.74, 6) is -1.50. The Hall–Kier alpha value is -2.20. The van der Waals surface area contributed by atoms with Crippen molar-refractivity contribution in [2.75, 3.05) is 6.61 Å². The summed E-state index contributed by atoms with van der Waals surface area (Å²) >= 11 is 0. The van der Waals surface area contributed by atoms with Crippen LogP contribution >= 0.6 is 0 Å². The Labute approximate surface area is 171 Å². The lowest BCUT2D eigenvalue weighted by atomic mass is 9.88. The lowest BCUT2D eigenvalue weighted by Gasteiger charge is -2.29. The van der Waals surface area contributed by atoms with Crippen LogP contribution in [0.15, 0.2) is 18.2 Å². The second-order valence-corrected chi connectivity index (χ2v) is 7.62. The predicted molar refractivity (Wildman–Crippen MR) is 103 cm³/mol. The van der Waals surface area contributed by atoms with Gasteiger partial charge in [0.1, 0.15) is 11.6 Å². The SMILES string of the molecule is CCCCCC1CCC(c2cc(F)c3c(F)c(C#CC(F)(F)F)c(F)cc3c2)CO1. The summed E-state index contributed by atoms with van der Waals surface area (Å²) in [4.78, 5) is 0. The molecule has 1 aliphatic heterocycles. The molecule has 1 heterocycles. The molecule has 0 bridgehead atoms. The first-order valence-corrected chi connectivity index (χ1v) is 10.0. The van der Waals surface area contributed by atoms with E-state index in [4.69, 9.17) is 4.74 Å². The van der Waals surface area contributed by atoms with Gasteiger partial charge in [-0.1, -0.05) is 38.2 Å². The monoisotopic (exact) mass is 428 g/mol. The van der Waals surface area contributed by atoms with Gasteiger partial charge in [-0.05, 0) is 42.3 Å². The summed E-state index contributed by atoms with van der Waals surface area (Å²) in [7, 11) is 0. The molecule has 2 unspecified atom stereocenters. The number of ether oxygens (including phenoxy) is 1. The molecule has 1 fully saturated rings. The molecule has 162 valence electrons. The fourth-order valence-electron chi connectivity index (χ4n) is 3.84. The van der Waals surface area contributed by atoms with E-state index in [2.05, 4.69) is 6.92 Å². The van der Waals surface area contributed by atoms with Crippen LogP contribution in [0.3, 0.4) is 0 Å². The number of unbranched alkanes of at least 4 members (excludes halogenated alkanes) is 2. The molecular weight excluding hydrogens is 406 g/mol. The molecule has 1 aliphatic rings. The van der Waals surface area contributed by atoms with Gasteiger partial charge in [-0.3, -0.25) is 0 Å². The van der Waals surface area contributed by atoms with Crippen molar-refractivity contribution in [1.82, 2.24) is 0 Å². The molecule has 0 aliphatic carbocycles. The zero-order chi connectivity index (χ0) is 21.9. The lowest BCUT2D eigenvalue weighted by molar-refractivity contribution is -0.0696. The number of rotatable bonds is 5. The molecule has 1 saturated heterocycles. The number of alkyl halides is 3. The van der Waals surface area contributed by atoms with Gasteiger partial charge in [0.05, 0.1) is 23.7 Å². The van der Waals surface area contributed by atoms with Gasteiger partial charge in [0.25, 0.3) is 0 Å². The number of benzene rings is 2. The summed E-state index contributed by atoms with van der Waals surface area (Å²) in [6.07, 6.45) is 1.19. The maximum atomic E-state index is 14.7. The van der Waals surface area contributed by atoms with E-state index in [9.17, 15) is 26.3 Å². The summed E-state index contributed by atoms with van der Waals surface area (Å²) in [5.41, 5.74) is -0.540.